The van der Waals surface area contributed by atoms with E-state index in [4.69, 9.17) is 5.26 Å². The van der Waals surface area contributed by atoms with Gasteiger partial charge in [-0.3, -0.25) is 4.79 Å². The van der Waals surface area contributed by atoms with Gasteiger partial charge >= 0.3 is 0 Å². The van der Waals surface area contributed by atoms with Gasteiger partial charge in [0.1, 0.15) is 0 Å². The van der Waals surface area contributed by atoms with Crippen LogP contribution in [0.2, 0.25) is 0 Å². The average Bonchev–Trinajstić information content (AvgIpc) is 2.54. The minimum absolute atomic E-state index is 0.0641. The van der Waals surface area contributed by atoms with E-state index in [1.165, 1.54) is 0 Å². The predicted octanol–water partition coefficient (Wildman–Crippen LogP) is 2.92. The van der Waals surface area contributed by atoms with Crippen molar-refractivity contribution in [2.75, 3.05) is 11.9 Å². The summed E-state index contributed by atoms with van der Waals surface area (Å²) in [5, 5.41) is 14.9. The van der Waals surface area contributed by atoms with E-state index in [0.29, 0.717) is 24.2 Å². The van der Waals surface area contributed by atoms with E-state index in [2.05, 4.69) is 16.7 Å². The number of carbonyl (C=O) groups is 1. The van der Waals surface area contributed by atoms with Gasteiger partial charge in [0, 0.05) is 24.3 Å². The van der Waals surface area contributed by atoms with E-state index in [0.717, 1.165) is 11.3 Å². The number of carbonyl (C=O) groups excluding carboxylic acids is 1. The summed E-state index contributed by atoms with van der Waals surface area (Å²) in [4.78, 5) is 11.6. The second-order valence-electron chi connectivity index (χ2n) is 4.60. The fourth-order valence-corrected chi connectivity index (χ4v) is 1.96. The summed E-state index contributed by atoms with van der Waals surface area (Å²) in [6, 6.07) is 16.9. The minimum atomic E-state index is -0.0641. The third-order valence-electron chi connectivity index (χ3n) is 3.04. The first-order valence-electron chi connectivity index (χ1n) is 6.84. The van der Waals surface area contributed by atoms with Crippen LogP contribution in [-0.4, -0.2) is 12.5 Å². The maximum Gasteiger partial charge on any atom is 0.251 e. The fourth-order valence-electron chi connectivity index (χ4n) is 1.96. The van der Waals surface area contributed by atoms with Crippen molar-refractivity contribution in [1.82, 2.24) is 5.32 Å². The Balaban J connectivity index is 1.97. The molecule has 0 unspecified atom stereocenters. The fraction of sp³-hybridized carbons (Fsp3) is 0.176. The van der Waals surface area contributed by atoms with Crippen molar-refractivity contribution in [3.8, 4) is 6.07 Å². The van der Waals surface area contributed by atoms with Gasteiger partial charge in [-0.2, -0.15) is 5.26 Å². The predicted molar refractivity (Wildman–Crippen MR) is 82.9 cm³/mol. The van der Waals surface area contributed by atoms with Gasteiger partial charge < -0.3 is 10.6 Å². The van der Waals surface area contributed by atoms with Crippen molar-refractivity contribution in [3.63, 3.8) is 0 Å². The molecule has 0 aliphatic carbocycles. The average molecular weight is 279 g/mol. The second-order valence-corrected chi connectivity index (χ2v) is 4.60. The van der Waals surface area contributed by atoms with Crippen LogP contribution >= 0.6 is 0 Å². The highest BCUT2D eigenvalue weighted by atomic mass is 16.1. The van der Waals surface area contributed by atoms with E-state index >= 15 is 0 Å². The first kappa shape index (κ1) is 14.6. The molecule has 2 aromatic rings. The molecule has 0 bridgehead atoms. The van der Waals surface area contributed by atoms with Gasteiger partial charge in [-0.1, -0.05) is 12.1 Å². The molecule has 21 heavy (non-hydrogen) atoms. The molecule has 2 aromatic carbocycles. The Morgan fingerprint density at radius 3 is 2.62 bits per heavy atom. The van der Waals surface area contributed by atoms with Crippen LogP contribution in [0.3, 0.4) is 0 Å². The van der Waals surface area contributed by atoms with Crippen LogP contribution in [0, 0.1) is 11.3 Å². The Bertz CT molecular complexity index is 656. The van der Waals surface area contributed by atoms with Crippen LogP contribution in [0.25, 0.3) is 0 Å². The van der Waals surface area contributed by atoms with Crippen molar-refractivity contribution in [2.45, 2.75) is 13.5 Å². The standard InChI is InChI=1S/C17H17N3O/c1-2-19-17(21)15-6-8-16(9-7-15)20-12-14-5-3-4-13(10-14)11-18/h3-10,20H,2,12H2,1H3,(H,19,21). The smallest absolute Gasteiger partial charge is 0.251 e. The quantitative estimate of drug-likeness (QED) is 0.884. The van der Waals surface area contributed by atoms with Gasteiger partial charge in [-0.05, 0) is 48.9 Å². The molecule has 0 heterocycles. The summed E-state index contributed by atoms with van der Waals surface area (Å²) in [6.45, 7) is 3.15. The number of anilines is 1. The summed E-state index contributed by atoms with van der Waals surface area (Å²) < 4.78 is 0. The Kier molecular flexibility index (Phi) is 4.94. The summed E-state index contributed by atoms with van der Waals surface area (Å²) in [6.07, 6.45) is 0. The molecule has 0 fully saturated rings. The zero-order valence-electron chi connectivity index (χ0n) is 11.9. The largest absolute Gasteiger partial charge is 0.381 e. The molecule has 106 valence electrons. The van der Waals surface area contributed by atoms with Crippen LogP contribution < -0.4 is 10.6 Å². The van der Waals surface area contributed by atoms with Gasteiger partial charge in [-0.25, -0.2) is 0 Å². The topological polar surface area (TPSA) is 64.9 Å². The minimum Gasteiger partial charge on any atom is -0.381 e. The zero-order chi connectivity index (χ0) is 15.1. The highest BCUT2D eigenvalue weighted by molar-refractivity contribution is 5.94. The molecular weight excluding hydrogens is 262 g/mol. The molecular formula is C17H17N3O. The summed E-state index contributed by atoms with van der Waals surface area (Å²) in [5.74, 6) is -0.0641. The Morgan fingerprint density at radius 1 is 1.19 bits per heavy atom. The zero-order valence-corrected chi connectivity index (χ0v) is 11.9. The molecule has 0 aliphatic rings. The molecule has 0 saturated heterocycles. The maximum atomic E-state index is 11.6. The van der Waals surface area contributed by atoms with E-state index in [1.54, 1.807) is 18.2 Å². The second kappa shape index (κ2) is 7.11. The lowest BCUT2D eigenvalue weighted by Gasteiger charge is -2.08. The van der Waals surface area contributed by atoms with E-state index in [1.807, 2.05) is 37.3 Å². The Hall–Kier alpha value is -2.80. The number of nitriles is 1. The molecule has 2 N–H and O–H groups in total. The Morgan fingerprint density at radius 2 is 1.95 bits per heavy atom. The highest BCUT2D eigenvalue weighted by Crippen LogP contribution is 2.12. The lowest BCUT2D eigenvalue weighted by Crippen LogP contribution is -2.22. The molecule has 4 nitrogen and oxygen atoms in total. The number of nitrogens with one attached hydrogen (secondary N) is 2. The van der Waals surface area contributed by atoms with Gasteiger partial charge in [0.25, 0.3) is 5.91 Å². The van der Waals surface area contributed by atoms with Crippen molar-refractivity contribution in [2.24, 2.45) is 0 Å². The van der Waals surface area contributed by atoms with Crippen molar-refractivity contribution < 1.29 is 4.79 Å². The lowest BCUT2D eigenvalue weighted by molar-refractivity contribution is 0.0956. The van der Waals surface area contributed by atoms with Gasteiger partial charge in [0.15, 0.2) is 0 Å². The van der Waals surface area contributed by atoms with Gasteiger partial charge in [-0.15, -0.1) is 0 Å². The molecule has 0 spiro atoms. The van der Waals surface area contributed by atoms with Crippen molar-refractivity contribution in [1.29, 1.82) is 5.26 Å². The molecule has 2 rings (SSSR count). The first-order valence-corrected chi connectivity index (χ1v) is 6.84. The van der Waals surface area contributed by atoms with Crippen LogP contribution in [0.4, 0.5) is 5.69 Å². The normalized spacial score (nSPS) is 9.71. The third-order valence-corrected chi connectivity index (χ3v) is 3.04. The number of hydrogen-bond donors (Lipinski definition) is 2. The monoisotopic (exact) mass is 279 g/mol. The number of rotatable bonds is 5. The molecule has 0 radical (unpaired) electrons. The van der Waals surface area contributed by atoms with E-state index in [9.17, 15) is 4.79 Å². The van der Waals surface area contributed by atoms with Gasteiger partial charge in [0.05, 0.1) is 11.6 Å². The van der Waals surface area contributed by atoms with Crippen LogP contribution in [0.15, 0.2) is 48.5 Å². The Labute approximate surface area is 124 Å². The van der Waals surface area contributed by atoms with Crippen molar-refractivity contribution >= 4 is 11.6 Å². The molecule has 0 atom stereocenters. The molecule has 0 aliphatic heterocycles. The summed E-state index contributed by atoms with van der Waals surface area (Å²) >= 11 is 0. The van der Waals surface area contributed by atoms with Crippen molar-refractivity contribution in [3.05, 3.63) is 65.2 Å². The number of nitrogens with zero attached hydrogens (tertiary/aromatic N) is 1. The molecule has 4 heteroatoms. The van der Waals surface area contributed by atoms with Gasteiger partial charge in [0.2, 0.25) is 0 Å². The van der Waals surface area contributed by atoms with E-state index < -0.39 is 0 Å². The number of amides is 1. The number of hydrogen-bond acceptors (Lipinski definition) is 3. The molecule has 0 saturated carbocycles. The highest BCUT2D eigenvalue weighted by Gasteiger charge is 2.03. The SMILES string of the molecule is CCNC(=O)c1ccc(NCc2cccc(C#N)c2)cc1. The van der Waals surface area contributed by atoms with Crippen LogP contribution in [0.1, 0.15) is 28.4 Å². The molecule has 0 aromatic heterocycles. The summed E-state index contributed by atoms with van der Waals surface area (Å²) in [5.41, 5.74) is 3.28. The van der Waals surface area contributed by atoms with Crippen LogP contribution in [-0.2, 0) is 6.54 Å². The third kappa shape index (κ3) is 4.08. The van der Waals surface area contributed by atoms with E-state index in [-0.39, 0.29) is 5.91 Å². The summed E-state index contributed by atoms with van der Waals surface area (Å²) in [7, 11) is 0. The maximum absolute atomic E-state index is 11.6. The lowest BCUT2D eigenvalue weighted by atomic mass is 10.1. The van der Waals surface area contributed by atoms with Crippen LogP contribution in [0.5, 0.6) is 0 Å². The number of benzene rings is 2. The molecule has 1 amide bonds. The first-order chi connectivity index (χ1) is 10.2.